The van der Waals surface area contributed by atoms with E-state index in [2.05, 4.69) is 5.32 Å². The summed E-state index contributed by atoms with van der Waals surface area (Å²) in [7, 11) is 0. The Bertz CT molecular complexity index is 913. The van der Waals surface area contributed by atoms with Crippen LogP contribution in [0, 0.1) is 0 Å². The van der Waals surface area contributed by atoms with Crippen molar-refractivity contribution in [2.75, 3.05) is 11.9 Å². The van der Waals surface area contributed by atoms with Crippen LogP contribution >= 0.6 is 47.2 Å². The lowest BCUT2D eigenvalue weighted by molar-refractivity contribution is -0.122. The van der Waals surface area contributed by atoms with E-state index in [9.17, 15) is 9.59 Å². The molecule has 0 spiro atoms. The van der Waals surface area contributed by atoms with Gasteiger partial charge in [0.25, 0.3) is 5.91 Å². The lowest BCUT2D eigenvalue weighted by Gasteiger charge is -2.14. The summed E-state index contributed by atoms with van der Waals surface area (Å²) in [5.41, 5.74) is 0.459. The molecule has 1 N–H and O–H groups in total. The highest BCUT2D eigenvalue weighted by Gasteiger charge is 2.31. The molecule has 0 saturated carbocycles. The molecule has 2 aromatic rings. The van der Waals surface area contributed by atoms with Gasteiger partial charge >= 0.3 is 0 Å². The summed E-state index contributed by atoms with van der Waals surface area (Å²) in [6.07, 6.45) is 3.88. The van der Waals surface area contributed by atoms with Crippen LogP contribution in [0.3, 0.4) is 0 Å². The molecule has 2 heterocycles. The molecule has 2 amide bonds. The molecule has 1 aromatic heterocycles. The Kier molecular flexibility index (Phi) is 6.59. The predicted molar refractivity (Wildman–Crippen MR) is 113 cm³/mol. The number of nitrogens with one attached hydrogen (secondary N) is 1. The first-order chi connectivity index (χ1) is 13.0. The van der Waals surface area contributed by atoms with Gasteiger partial charge in [0.05, 0.1) is 26.9 Å². The molecule has 0 bridgehead atoms. The minimum Gasteiger partial charge on any atom is -0.465 e. The summed E-state index contributed by atoms with van der Waals surface area (Å²) in [6.45, 7) is 0.358. The van der Waals surface area contributed by atoms with E-state index < -0.39 is 0 Å². The number of hydrogen-bond donors (Lipinski definition) is 1. The Balaban J connectivity index is 1.52. The molecular weight excluding hydrogens is 427 g/mol. The monoisotopic (exact) mass is 440 g/mol. The normalized spacial score (nSPS) is 15.6. The topological polar surface area (TPSA) is 62.6 Å². The van der Waals surface area contributed by atoms with Crippen LogP contribution in [-0.4, -0.2) is 27.6 Å². The Hall–Kier alpha value is -1.80. The molecule has 1 aliphatic heterocycles. The van der Waals surface area contributed by atoms with E-state index in [1.165, 1.54) is 22.9 Å². The van der Waals surface area contributed by atoms with Gasteiger partial charge in [0, 0.05) is 19.0 Å². The van der Waals surface area contributed by atoms with Gasteiger partial charge in [-0.05, 0) is 30.7 Å². The van der Waals surface area contributed by atoms with Crippen LogP contribution in [-0.2, 0) is 9.59 Å². The molecule has 1 aliphatic rings. The molecule has 1 saturated heterocycles. The third-order valence-corrected chi connectivity index (χ3v) is 5.90. The zero-order valence-corrected chi connectivity index (χ0v) is 17.1. The highest BCUT2D eigenvalue weighted by molar-refractivity contribution is 8.26. The van der Waals surface area contributed by atoms with Crippen molar-refractivity contribution in [3.05, 3.63) is 57.3 Å². The summed E-state index contributed by atoms with van der Waals surface area (Å²) in [6, 6.07) is 8.53. The predicted octanol–water partition coefficient (Wildman–Crippen LogP) is 5.21. The lowest BCUT2D eigenvalue weighted by atomic mass is 10.2. The maximum atomic E-state index is 12.5. The number of nitrogens with zero attached hydrogens (tertiary/aromatic N) is 1. The van der Waals surface area contributed by atoms with Crippen molar-refractivity contribution in [1.82, 2.24) is 4.90 Å². The first-order valence-corrected chi connectivity index (χ1v) is 9.96. The number of carbonyl (C=O) groups excluding carboxylic acids is 2. The van der Waals surface area contributed by atoms with E-state index in [4.69, 9.17) is 39.8 Å². The van der Waals surface area contributed by atoms with Gasteiger partial charge in [-0.3, -0.25) is 14.5 Å². The maximum absolute atomic E-state index is 12.5. The third kappa shape index (κ3) is 4.93. The molecule has 0 radical (unpaired) electrons. The van der Waals surface area contributed by atoms with Crippen molar-refractivity contribution >= 4 is 75.1 Å². The Labute approximate surface area is 175 Å². The van der Waals surface area contributed by atoms with Gasteiger partial charge in [-0.15, -0.1) is 0 Å². The van der Waals surface area contributed by atoms with Crippen LogP contribution in [0.15, 0.2) is 45.9 Å². The lowest BCUT2D eigenvalue weighted by Crippen LogP contribution is -2.29. The molecule has 3 rings (SSSR count). The van der Waals surface area contributed by atoms with Crippen LogP contribution in [0.25, 0.3) is 6.08 Å². The fourth-order valence-corrected chi connectivity index (χ4v) is 4.04. The third-order valence-electron chi connectivity index (χ3n) is 3.70. The van der Waals surface area contributed by atoms with Gasteiger partial charge in [-0.25, -0.2) is 0 Å². The molecule has 140 valence electrons. The Morgan fingerprint density at radius 3 is 2.85 bits per heavy atom. The largest absolute Gasteiger partial charge is 0.465 e. The van der Waals surface area contributed by atoms with E-state index in [0.29, 0.717) is 43.7 Å². The van der Waals surface area contributed by atoms with Crippen LogP contribution in [0.5, 0.6) is 0 Å². The summed E-state index contributed by atoms with van der Waals surface area (Å²) >= 11 is 18.5. The highest BCUT2D eigenvalue weighted by Crippen LogP contribution is 2.33. The van der Waals surface area contributed by atoms with Gasteiger partial charge in [0.2, 0.25) is 5.91 Å². The zero-order valence-electron chi connectivity index (χ0n) is 13.9. The smallest absolute Gasteiger partial charge is 0.266 e. The maximum Gasteiger partial charge on any atom is 0.266 e. The van der Waals surface area contributed by atoms with Gasteiger partial charge in [-0.1, -0.05) is 53.2 Å². The SMILES string of the molecule is O=C(CCCN1C(=O)C(=Cc2ccco2)SC1=S)Nc1cccc(Cl)c1Cl. The molecule has 0 unspecified atom stereocenters. The second-order valence-electron chi connectivity index (χ2n) is 5.60. The minimum absolute atomic E-state index is 0.181. The number of benzene rings is 1. The standard InChI is InChI=1S/C18H14Cl2N2O3S2/c19-12-5-1-6-13(16(12)20)21-15(23)7-2-8-22-17(24)14(27-18(22)26)10-11-4-3-9-25-11/h1,3-6,9-10H,2,7-8H2,(H,21,23). The van der Waals surface area contributed by atoms with E-state index >= 15 is 0 Å². The van der Waals surface area contributed by atoms with Crippen molar-refractivity contribution in [3.8, 4) is 0 Å². The van der Waals surface area contributed by atoms with Crippen molar-refractivity contribution < 1.29 is 14.0 Å². The van der Waals surface area contributed by atoms with Crippen LogP contribution in [0.2, 0.25) is 10.0 Å². The van der Waals surface area contributed by atoms with Crippen LogP contribution in [0.4, 0.5) is 5.69 Å². The van der Waals surface area contributed by atoms with Crippen molar-refractivity contribution in [1.29, 1.82) is 0 Å². The first-order valence-electron chi connectivity index (χ1n) is 7.98. The summed E-state index contributed by atoms with van der Waals surface area (Å²) in [5.74, 6) is 0.198. The molecule has 0 aliphatic carbocycles. The van der Waals surface area contributed by atoms with Gasteiger partial charge in [0.15, 0.2) is 0 Å². The zero-order chi connectivity index (χ0) is 19.4. The summed E-state index contributed by atoms with van der Waals surface area (Å²) in [5, 5.41) is 3.39. The van der Waals surface area contributed by atoms with E-state index in [1.54, 1.807) is 36.4 Å². The van der Waals surface area contributed by atoms with Gasteiger partial charge in [-0.2, -0.15) is 0 Å². The molecule has 27 heavy (non-hydrogen) atoms. The van der Waals surface area contributed by atoms with Gasteiger partial charge < -0.3 is 9.73 Å². The minimum atomic E-state index is -0.212. The second-order valence-corrected chi connectivity index (χ2v) is 8.06. The number of rotatable bonds is 6. The number of thiocarbonyl (C=S) groups is 1. The number of amides is 2. The molecule has 5 nitrogen and oxygen atoms in total. The Morgan fingerprint density at radius 2 is 2.11 bits per heavy atom. The number of thioether (sulfide) groups is 1. The fraction of sp³-hybridized carbons (Fsp3) is 0.167. The Morgan fingerprint density at radius 1 is 1.30 bits per heavy atom. The average molecular weight is 441 g/mol. The van der Waals surface area contributed by atoms with Crippen molar-refractivity contribution in [2.45, 2.75) is 12.8 Å². The molecule has 0 atom stereocenters. The van der Waals surface area contributed by atoms with Gasteiger partial charge in [0.1, 0.15) is 10.1 Å². The van der Waals surface area contributed by atoms with E-state index in [1.807, 2.05) is 0 Å². The number of halogens is 2. The number of hydrogen-bond acceptors (Lipinski definition) is 5. The number of anilines is 1. The van der Waals surface area contributed by atoms with Crippen molar-refractivity contribution in [2.24, 2.45) is 0 Å². The van der Waals surface area contributed by atoms with E-state index in [0.717, 1.165) is 0 Å². The van der Waals surface area contributed by atoms with Crippen LogP contribution in [0.1, 0.15) is 18.6 Å². The van der Waals surface area contributed by atoms with Crippen molar-refractivity contribution in [3.63, 3.8) is 0 Å². The van der Waals surface area contributed by atoms with E-state index in [-0.39, 0.29) is 18.2 Å². The highest BCUT2D eigenvalue weighted by atomic mass is 35.5. The quantitative estimate of drug-likeness (QED) is 0.493. The number of furan rings is 1. The summed E-state index contributed by atoms with van der Waals surface area (Å²) in [4.78, 5) is 26.6. The second kappa shape index (κ2) is 8.93. The number of carbonyl (C=O) groups is 2. The average Bonchev–Trinajstić information content (AvgIpc) is 3.23. The molecular formula is C18H14Cl2N2O3S2. The molecule has 1 aromatic carbocycles. The summed E-state index contributed by atoms with van der Waals surface area (Å²) < 4.78 is 5.69. The molecule has 1 fully saturated rings. The first kappa shape index (κ1) is 19.9. The molecule has 9 heteroatoms. The van der Waals surface area contributed by atoms with Crippen LogP contribution < -0.4 is 5.32 Å². The fourth-order valence-electron chi connectivity index (χ4n) is 2.41.